The smallest absolute Gasteiger partial charge is 0.130 e. The van der Waals surface area contributed by atoms with Gasteiger partial charge < -0.3 is 15.0 Å². The molecule has 0 spiro atoms. The second kappa shape index (κ2) is 4.61. The molecule has 0 bridgehead atoms. The van der Waals surface area contributed by atoms with Crippen LogP contribution in [0.15, 0.2) is 41.2 Å². The Morgan fingerprint density at radius 1 is 1.33 bits per heavy atom. The number of ether oxygens (including phenoxy) is 1. The summed E-state index contributed by atoms with van der Waals surface area (Å²) in [6.07, 6.45) is 3.19. The number of benzene rings is 1. The Morgan fingerprint density at radius 2 is 2.20 bits per heavy atom. The van der Waals surface area contributed by atoms with Gasteiger partial charge >= 0.3 is 0 Å². The summed E-state index contributed by atoms with van der Waals surface area (Å²) in [4.78, 5) is 0. The molecule has 2 aromatic rings. The molecule has 1 aromatic heterocycles. The zero-order valence-corrected chi connectivity index (χ0v) is 8.22. The van der Waals surface area contributed by atoms with Crippen LogP contribution in [0.25, 0.3) is 0 Å². The maximum atomic E-state index is 5.59. The predicted molar refractivity (Wildman–Crippen MR) is 55.2 cm³/mol. The standard InChI is InChI=1S/C11H12N2O2/c12-5-10-3-1-2-4-11(10)14-7-9-6-13-15-8-9/h1-4,6,8H,5,7,12H2. The average Bonchev–Trinajstić information content (AvgIpc) is 2.79. The van der Waals surface area contributed by atoms with Gasteiger partial charge in [0.25, 0.3) is 0 Å². The van der Waals surface area contributed by atoms with Crippen molar-refractivity contribution in [1.29, 1.82) is 0 Å². The third kappa shape index (κ3) is 2.35. The van der Waals surface area contributed by atoms with Crippen LogP contribution in [0.5, 0.6) is 5.75 Å². The van der Waals surface area contributed by atoms with Crippen molar-refractivity contribution in [3.05, 3.63) is 47.9 Å². The molecule has 0 radical (unpaired) electrons. The van der Waals surface area contributed by atoms with E-state index in [2.05, 4.69) is 5.16 Å². The Bertz CT molecular complexity index is 412. The lowest BCUT2D eigenvalue weighted by Crippen LogP contribution is -2.01. The van der Waals surface area contributed by atoms with Crippen molar-refractivity contribution >= 4 is 0 Å². The lowest BCUT2D eigenvalue weighted by atomic mass is 10.2. The Labute approximate surface area is 87.6 Å². The molecule has 15 heavy (non-hydrogen) atoms. The SMILES string of the molecule is NCc1ccccc1OCc1cnoc1. The first-order valence-electron chi connectivity index (χ1n) is 4.69. The molecule has 0 saturated heterocycles. The molecule has 2 N–H and O–H groups in total. The first kappa shape index (κ1) is 9.73. The molecule has 4 heteroatoms. The van der Waals surface area contributed by atoms with Crippen LogP contribution in [0, 0.1) is 0 Å². The number of hydrogen-bond donors (Lipinski definition) is 1. The fourth-order valence-electron chi connectivity index (χ4n) is 1.27. The molecule has 0 aliphatic carbocycles. The normalized spacial score (nSPS) is 10.2. The van der Waals surface area contributed by atoms with Gasteiger partial charge in [0, 0.05) is 17.7 Å². The van der Waals surface area contributed by atoms with Crippen LogP contribution < -0.4 is 10.5 Å². The van der Waals surface area contributed by atoms with E-state index in [1.54, 1.807) is 12.5 Å². The van der Waals surface area contributed by atoms with Crippen molar-refractivity contribution in [3.8, 4) is 5.75 Å². The van der Waals surface area contributed by atoms with Crippen molar-refractivity contribution in [1.82, 2.24) is 5.16 Å². The van der Waals surface area contributed by atoms with Crippen LogP contribution >= 0.6 is 0 Å². The van der Waals surface area contributed by atoms with Crippen molar-refractivity contribution in [2.75, 3.05) is 0 Å². The second-order valence-corrected chi connectivity index (χ2v) is 3.13. The van der Waals surface area contributed by atoms with E-state index in [1.165, 1.54) is 0 Å². The van der Waals surface area contributed by atoms with Crippen molar-refractivity contribution in [3.63, 3.8) is 0 Å². The summed E-state index contributed by atoms with van der Waals surface area (Å²) in [5.74, 6) is 0.807. The zero-order chi connectivity index (χ0) is 10.5. The molecule has 78 valence electrons. The molecule has 1 aromatic carbocycles. The molecule has 0 unspecified atom stereocenters. The van der Waals surface area contributed by atoms with Gasteiger partial charge in [-0.2, -0.15) is 0 Å². The predicted octanol–water partition coefficient (Wildman–Crippen LogP) is 1.71. The number of hydrogen-bond acceptors (Lipinski definition) is 4. The first-order chi connectivity index (χ1) is 7.40. The molecule has 4 nitrogen and oxygen atoms in total. The zero-order valence-electron chi connectivity index (χ0n) is 8.22. The van der Waals surface area contributed by atoms with E-state index in [9.17, 15) is 0 Å². The van der Waals surface area contributed by atoms with Crippen LogP contribution in [0.1, 0.15) is 11.1 Å². The van der Waals surface area contributed by atoms with E-state index >= 15 is 0 Å². The second-order valence-electron chi connectivity index (χ2n) is 3.13. The number of rotatable bonds is 4. The molecule has 1 heterocycles. The van der Waals surface area contributed by atoms with Gasteiger partial charge in [-0.05, 0) is 6.07 Å². The number of nitrogens with zero attached hydrogens (tertiary/aromatic N) is 1. The van der Waals surface area contributed by atoms with E-state index in [0.29, 0.717) is 13.2 Å². The Morgan fingerprint density at radius 3 is 2.93 bits per heavy atom. The highest BCUT2D eigenvalue weighted by Crippen LogP contribution is 2.18. The summed E-state index contributed by atoms with van der Waals surface area (Å²) >= 11 is 0. The summed E-state index contributed by atoms with van der Waals surface area (Å²) in [5, 5.41) is 3.60. The van der Waals surface area contributed by atoms with E-state index in [4.69, 9.17) is 15.0 Å². The van der Waals surface area contributed by atoms with Crippen LogP contribution in [-0.4, -0.2) is 5.16 Å². The highest BCUT2D eigenvalue weighted by atomic mass is 16.5. The minimum absolute atomic E-state index is 0.445. The lowest BCUT2D eigenvalue weighted by Gasteiger charge is -2.08. The topological polar surface area (TPSA) is 61.3 Å². The Balaban J connectivity index is 2.04. The lowest BCUT2D eigenvalue weighted by molar-refractivity contribution is 0.301. The molecule has 0 aliphatic heterocycles. The summed E-state index contributed by atoms with van der Waals surface area (Å²) in [6.45, 7) is 0.917. The van der Waals surface area contributed by atoms with Gasteiger partial charge in [0.1, 0.15) is 18.6 Å². The largest absolute Gasteiger partial charge is 0.488 e. The third-order valence-corrected chi connectivity index (χ3v) is 2.07. The molecule has 0 atom stereocenters. The van der Waals surface area contributed by atoms with Gasteiger partial charge in [-0.25, -0.2) is 0 Å². The van der Waals surface area contributed by atoms with Crippen molar-refractivity contribution < 1.29 is 9.26 Å². The van der Waals surface area contributed by atoms with Gasteiger partial charge in [0.15, 0.2) is 0 Å². The number of para-hydroxylation sites is 1. The number of aromatic nitrogens is 1. The van der Waals surface area contributed by atoms with E-state index in [1.807, 2.05) is 24.3 Å². The average molecular weight is 204 g/mol. The van der Waals surface area contributed by atoms with E-state index in [0.717, 1.165) is 16.9 Å². The highest BCUT2D eigenvalue weighted by molar-refractivity contribution is 5.33. The summed E-state index contributed by atoms with van der Waals surface area (Å²) in [5.41, 5.74) is 7.49. The maximum Gasteiger partial charge on any atom is 0.130 e. The monoisotopic (exact) mass is 204 g/mol. The summed E-state index contributed by atoms with van der Waals surface area (Å²) in [6, 6.07) is 7.70. The van der Waals surface area contributed by atoms with E-state index in [-0.39, 0.29) is 0 Å². The van der Waals surface area contributed by atoms with Gasteiger partial charge in [-0.15, -0.1) is 0 Å². The van der Waals surface area contributed by atoms with Crippen LogP contribution in [-0.2, 0) is 13.2 Å². The third-order valence-electron chi connectivity index (χ3n) is 2.07. The minimum Gasteiger partial charge on any atom is -0.488 e. The fourth-order valence-corrected chi connectivity index (χ4v) is 1.27. The maximum absolute atomic E-state index is 5.59. The molecule has 2 rings (SSSR count). The van der Waals surface area contributed by atoms with Gasteiger partial charge in [-0.1, -0.05) is 23.4 Å². The van der Waals surface area contributed by atoms with Crippen LogP contribution in [0.4, 0.5) is 0 Å². The summed E-state index contributed by atoms with van der Waals surface area (Å²) < 4.78 is 10.3. The van der Waals surface area contributed by atoms with Gasteiger partial charge in [0.05, 0.1) is 6.20 Å². The van der Waals surface area contributed by atoms with Crippen LogP contribution in [0.3, 0.4) is 0 Å². The summed E-state index contributed by atoms with van der Waals surface area (Å²) in [7, 11) is 0. The van der Waals surface area contributed by atoms with Gasteiger partial charge in [-0.3, -0.25) is 0 Å². The molecular formula is C11H12N2O2. The quantitative estimate of drug-likeness (QED) is 0.823. The van der Waals surface area contributed by atoms with Crippen molar-refractivity contribution in [2.24, 2.45) is 5.73 Å². The number of nitrogens with two attached hydrogens (primary N) is 1. The van der Waals surface area contributed by atoms with Gasteiger partial charge in [0.2, 0.25) is 0 Å². The van der Waals surface area contributed by atoms with E-state index < -0.39 is 0 Å². The molecule has 0 amide bonds. The van der Waals surface area contributed by atoms with Crippen molar-refractivity contribution in [2.45, 2.75) is 13.2 Å². The van der Waals surface area contributed by atoms with Crippen LogP contribution in [0.2, 0.25) is 0 Å². The first-order valence-corrected chi connectivity index (χ1v) is 4.69. The Kier molecular flexibility index (Phi) is 2.99. The fraction of sp³-hybridized carbons (Fsp3) is 0.182. The minimum atomic E-state index is 0.445. The molecule has 0 saturated carbocycles. The Hall–Kier alpha value is -1.81. The molecule has 0 aliphatic rings. The molecular weight excluding hydrogens is 192 g/mol. The highest BCUT2D eigenvalue weighted by Gasteiger charge is 2.02. The molecule has 0 fully saturated rings.